The Kier molecular flexibility index (Phi) is 5.18. The lowest BCUT2D eigenvalue weighted by Crippen LogP contribution is -2.46. The van der Waals surface area contributed by atoms with Crippen molar-refractivity contribution in [3.8, 4) is 0 Å². The van der Waals surface area contributed by atoms with Crippen molar-refractivity contribution in [3.63, 3.8) is 0 Å². The van der Waals surface area contributed by atoms with E-state index in [1.807, 2.05) is 0 Å². The van der Waals surface area contributed by atoms with Gasteiger partial charge in [0, 0.05) is 16.5 Å². The summed E-state index contributed by atoms with van der Waals surface area (Å²) in [5.41, 5.74) is 0.267. The summed E-state index contributed by atoms with van der Waals surface area (Å²) in [6.07, 6.45) is 2.16. The number of carboxylic acid groups (broad SMARTS) is 1. The summed E-state index contributed by atoms with van der Waals surface area (Å²) in [5.74, 6) is -2.27. The fourth-order valence-corrected chi connectivity index (χ4v) is 4.42. The molecule has 24 heavy (non-hydrogen) atoms. The minimum absolute atomic E-state index is 0.267. The van der Waals surface area contributed by atoms with E-state index in [1.54, 1.807) is 17.0 Å². The van der Waals surface area contributed by atoms with Crippen LogP contribution in [0.4, 0.5) is 8.78 Å². The van der Waals surface area contributed by atoms with Gasteiger partial charge in [-0.15, -0.1) is 11.3 Å². The van der Waals surface area contributed by atoms with Crippen LogP contribution in [-0.2, 0) is 4.79 Å². The summed E-state index contributed by atoms with van der Waals surface area (Å²) in [4.78, 5) is 14.2. The molecular formula is C17H16ClF2NO2S. The van der Waals surface area contributed by atoms with Crippen LogP contribution in [-0.4, -0.2) is 28.6 Å². The van der Waals surface area contributed by atoms with Crippen molar-refractivity contribution >= 4 is 28.9 Å². The van der Waals surface area contributed by atoms with Crippen molar-refractivity contribution in [1.29, 1.82) is 0 Å². The number of benzene rings is 1. The first-order chi connectivity index (χ1) is 11.5. The van der Waals surface area contributed by atoms with Crippen LogP contribution in [0.15, 0.2) is 30.3 Å². The van der Waals surface area contributed by atoms with Gasteiger partial charge in [0.2, 0.25) is 0 Å². The van der Waals surface area contributed by atoms with Crippen LogP contribution in [0.3, 0.4) is 0 Å². The third-order valence-electron chi connectivity index (χ3n) is 4.28. The summed E-state index contributed by atoms with van der Waals surface area (Å²) in [6, 6.07) is 5.59. The number of halogens is 3. The standard InChI is InChI=1S/C17H16ClF2NO2S/c18-15-7-6-14(24-15)16(11-5-4-10(19)9-12(11)20)21-8-2-1-3-13(21)17(22)23/h4-7,9,13,16H,1-3,8H2,(H,22,23). The van der Waals surface area contributed by atoms with E-state index in [-0.39, 0.29) is 5.56 Å². The predicted octanol–water partition coefficient (Wildman–Crippen LogP) is 4.71. The van der Waals surface area contributed by atoms with Gasteiger partial charge < -0.3 is 5.11 Å². The van der Waals surface area contributed by atoms with Gasteiger partial charge in [0.05, 0.1) is 10.4 Å². The molecule has 128 valence electrons. The Morgan fingerprint density at radius 3 is 2.71 bits per heavy atom. The fraction of sp³-hybridized carbons (Fsp3) is 0.353. The highest BCUT2D eigenvalue weighted by Crippen LogP contribution is 2.39. The first-order valence-electron chi connectivity index (χ1n) is 7.66. The summed E-state index contributed by atoms with van der Waals surface area (Å²) in [7, 11) is 0. The zero-order valence-corrected chi connectivity index (χ0v) is 14.3. The van der Waals surface area contributed by atoms with Crippen molar-refractivity contribution in [1.82, 2.24) is 4.90 Å². The Morgan fingerprint density at radius 2 is 2.08 bits per heavy atom. The van der Waals surface area contributed by atoms with Gasteiger partial charge in [-0.05, 0) is 37.6 Å². The van der Waals surface area contributed by atoms with E-state index in [9.17, 15) is 18.7 Å². The number of carboxylic acids is 1. The largest absolute Gasteiger partial charge is 0.480 e. The molecule has 3 nitrogen and oxygen atoms in total. The molecule has 1 aromatic carbocycles. The van der Waals surface area contributed by atoms with E-state index in [1.165, 1.54) is 23.5 Å². The van der Waals surface area contributed by atoms with E-state index in [0.717, 1.165) is 23.8 Å². The topological polar surface area (TPSA) is 40.5 Å². The first-order valence-corrected chi connectivity index (χ1v) is 8.85. The Morgan fingerprint density at radius 1 is 1.29 bits per heavy atom. The third kappa shape index (κ3) is 3.45. The second-order valence-electron chi connectivity index (χ2n) is 5.80. The monoisotopic (exact) mass is 371 g/mol. The van der Waals surface area contributed by atoms with Gasteiger partial charge in [0.15, 0.2) is 0 Å². The van der Waals surface area contributed by atoms with Gasteiger partial charge in [0.1, 0.15) is 17.7 Å². The number of aliphatic carboxylic acids is 1. The minimum atomic E-state index is -0.926. The molecule has 2 unspecified atom stereocenters. The highest BCUT2D eigenvalue weighted by atomic mass is 35.5. The van der Waals surface area contributed by atoms with Gasteiger partial charge in [-0.25, -0.2) is 8.78 Å². The summed E-state index contributed by atoms with van der Waals surface area (Å²) in [5, 5.41) is 9.55. The molecule has 1 aliphatic heterocycles. The SMILES string of the molecule is O=C(O)C1CCCCN1C(c1ccc(Cl)s1)c1ccc(F)cc1F. The number of likely N-dealkylation sites (tertiary alicyclic amines) is 1. The van der Waals surface area contributed by atoms with E-state index >= 15 is 0 Å². The van der Waals surface area contributed by atoms with Crippen molar-refractivity contribution in [2.45, 2.75) is 31.3 Å². The quantitative estimate of drug-likeness (QED) is 0.846. The molecule has 2 heterocycles. The fourth-order valence-electron chi connectivity index (χ4n) is 3.22. The van der Waals surface area contributed by atoms with Gasteiger partial charge >= 0.3 is 5.97 Å². The van der Waals surface area contributed by atoms with Gasteiger partial charge in [-0.2, -0.15) is 0 Å². The first kappa shape index (κ1) is 17.3. The Bertz CT molecular complexity index is 752. The van der Waals surface area contributed by atoms with Crippen LogP contribution in [0.5, 0.6) is 0 Å². The van der Waals surface area contributed by atoms with E-state index < -0.39 is 29.7 Å². The second kappa shape index (κ2) is 7.17. The van der Waals surface area contributed by atoms with Crippen LogP contribution < -0.4 is 0 Å². The van der Waals surface area contributed by atoms with Crippen LogP contribution in [0, 0.1) is 11.6 Å². The maximum Gasteiger partial charge on any atom is 0.320 e. The smallest absolute Gasteiger partial charge is 0.320 e. The van der Waals surface area contributed by atoms with Crippen molar-refractivity contribution in [2.24, 2.45) is 0 Å². The minimum Gasteiger partial charge on any atom is -0.480 e. The average Bonchev–Trinajstić information content (AvgIpc) is 2.96. The van der Waals surface area contributed by atoms with Gasteiger partial charge in [0.25, 0.3) is 0 Å². The molecule has 0 bridgehead atoms. The second-order valence-corrected chi connectivity index (χ2v) is 7.54. The molecule has 1 fully saturated rings. The zero-order chi connectivity index (χ0) is 17.3. The van der Waals surface area contributed by atoms with E-state index in [2.05, 4.69) is 0 Å². The third-order valence-corrected chi connectivity index (χ3v) is 5.57. The number of thiophene rings is 1. The van der Waals surface area contributed by atoms with Crippen LogP contribution in [0.1, 0.15) is 35.7 Å². The lowest BCUT2D eigenvalue weighted by molar-refractivity contribution is -0.145. The molecule has 3 rings (SSSR count). The molecule has 1 saturated heterocycles. The molecule has 0 radical (unpaired) electrons. The normalized spacial score (nSPS) is 20.0. The van der Waals surface area contributed by atoms with Crippen LogP contribution in [0.25, 0.3) is 0 Å². The number of hydrogen-bond donors (Lipinski definition) is 1. The molecule has 2 aromatic rings. The lowest BCUT2D eigenvalue weighted by Gasteiger charge is -2.39. The molecular weight excluding hydrogens is 356 g/mol. The van der Waals surface area contributed by atoms with Crippen molar-refractivity contribution in [2.75, 3.05) is 6.54 Å². The molecule has 1 N–H and O–H groups in total. The maximum absolute atomic E-state index is 14.4. The highest BCUT2D eigenvalue weighted by molar-refractivity contribution is 7.16. The molecule has 0 aliphatic carbocycles. The summed E-state index contributed by atoms with van der Waals surface area (Å²) < 4.78 is 28.3. The van der Waals surface area contributed by atoms with Crippen LogP contribution >= 0.6 is 22.9 Å². The van der Waals surface area contributed by atoms with E-state index in [0.29, 0.717) is 17.3 Å². The van der Waals surface area contributed by atoms with Gasteiger partial charge in [-0.3, -0.25) is 9.69 Å². The number of carbonyl (C=O) groups is 1. The Labute approximate surface area is 147 Å². The molecule has 1 aromatic heterocycles. The maximum atomic E-state index is 14.4. The van der Waals surface area contributed by atoms with Crippen LogP contribution in [0.2, 0.25) is 4.34 Å². The Hall–Kier alpha value is -1.50. The summed E-state index contributed by atoms with van der Waals surface area (Å²) >= 11 is 7.31. The summed E-state index contributed by atoms with van der Waals surface area (Å²) in [6.45, 7) is 0.536. The van der Waals surface area contributed by atoms with Crippen molar-refractivity contribution in [3.05, 3.63) is 56.7 Å². The molecule has 7 heteroatoms. The predicted molar refractivity (Wildman–Crippen MR) is 89.5 cm³/mol. The molecule has 2 atom stereocenters. The average molecular weight is 372 g/mol. The van der Waals surface area contributed by atoms with Gasteiger partial charge in [-0.1, -0.05) is 24.1 Å². The molecule has 0 amide bonds. The van der Waals surface area contributed by atoms with E-state index in [4.69, 9.17) is 11.6 Å². The highest BCUT2D eigenvalue weighted by Gasteiger charge is 2.36. The molecule has 1 aliphatic rings. The number of nitrogens with zero attached hydrogens (tertiary/aromatic N) is 1. The number of rotatable bonds is 4. The number of hydrogen-bond acceptors (Lipinski definition) is 3. The molecule has 0 spiro atoms. The Balaban J connectivity index is 2.09. The number of piperidine rings is 1. The van der Waals surface area contributed by atoms with Crippen molar-refractivity contribution < 1.29 is 18.7 Å². The molecule has 0 saturated carbocycles. The zero-order valence-electron chi connectivity index (χ0n) is 12.7. The lowest BCUT2D eigenvalue weighted by atomic mass is 9.95.